The molecular weight excluding hydrogens is 428 g/mol. The number of hydrogen-bond acceptors (Lipinski definition) is 6. The van der Waals surface area contributed by atoms with Gasteiger partial charge in [-0.2, -0.15) is 0 Å². The molecule has 32 heavy (non-hydrogen) atoms. The Bertz CT molecular complexity index is 975. The van der Waals surface area contributed by atoms with Gasteiger partial charge in [-0.15, -0.1) is 11.8 Å². The summed E-state index contributed by atoms with van der Waals surface area (Å²) in [5.74, 6) is 1.76. The monoisotopic (exact) mass is 456 g/mol. The number of nitrogens with one attached hydrogen (secondary N) is 2. The molecule has 2 aromatic rings. The second kappa shape index (κ2) is 10.3. The zero-order chi connectivity index (χ0) is 22.4. The van der Waals surface area contributed by atoms with Crippen molar-refractivity contribution in [3.05, 3.63) is 53.6 Å². The van der Waals surface area contributed by atoms with Gasteiger partial charge >= 0.3 is 0 Å². The smallest absolute Gasteiger partial charge is 0.234 e. The first kappa shape index (κ1) is 22.5. The first-order valence-corrected chi connectivity index (χ1v) is 11.9. The van der Waals surface area contributed by atoms with E-state index in [-0.39, 0.29) is 35.5 Å². The predicted molar refractivity (Wildman–Crippen MR) is 124 cm³/mol. The Morgan fingerprint density at radius 1 is 1.00 bits per heavy atom. The van der Waals surface area contributed by atoms with E-state index in [9.17, 15) is 9.59 Å². The SMILES string of the molecule is Cc1cccc(NC(=O)CSCC(=O)NCC2(c3ccc4c(c3)OCO4)CCOCC2)c1. The Hall–Kier alpha value is -2.71. The first-order valence-electron chi connectivity index (χ1n) is 10.7. The van der Waals surface area contributed by atoms with Gasteiger partial charge in [-0.25, -0.2) is 0 Å². The number of benzene rings is 2. The summed E-state index contributed by atoms with van der Waals surface area (Å²) in [5.41, 5.74) is 2.77. The number of ether oxygens (including phenoxy) is 3. The molecule has 7 nitrogen and oxygen atoms in total. The van der Waals surface area contributed by atoms with Crippen LogP contribution in [0.15, 0.2) is 42.5 Å². The average Bonchev–Trinajstić information content (AvgIpc) is 3.26. The van der Waals surface area contributed by atoms with Crippen LogP contribution in [0, 0.1) is 6.92 Å². The molecular formula is C24H28N2O5S. The van der Waals surface area contributed by atoms with Crippen LogP contribution in [0.5, 0.6) is 11.5 Å². The van der Waals surface area contributed by atoms with Gasteiger partial charge in [-0.1, -0.05) is 18.2 Å². The summed E-state index contributed by atoms with van der Waals surface area (Å²) in [6.45, 7) is 4.03. The van der Waals surface area contributed by atoms with Crippen molar-refractivity contribution in [3.63, 3.8) is 0 Å². The first-order chi connectivity index (χ1) is 15.5. The molecule has 2 heterocycles. The van der Waals surface area contributed by atoms with Crippen molar-refractivity contribution in [2.45, 2.75) is 25.2 Å². The molecule has 2 amide bonds. The lowest BCUT2D eigenvalue weighted by molar-refractivity contribution is -0.119. The van der Waals surface area contributed by atoms with Crippen molar-refractivity contribution in [1.29, 1.82) is 0 Å². The fourth-order valence-corrected chi connectivity index (χ4v) is 4.68. The normalized spacial score (nSPS) is 16.4. The van der Waals surface area contributed by atoms with Crippen LogP contribution in [0.4, 0.5) is 5.69 Å². The molecule has 0 aromatic heterocycles. The van der Waals surface area contributed by atoms with Crippen molar-refractivity contribution >= 4 is 29.3 Å². The summed E-state index contributed by atoms with van der Waals surface area (Å²) < 4.78 is 16.5. The number of amides is 2. The molecule has 4 rings (SSSR count). The Kier molecular flexibility index (Phi) is 7.22. The maximum absolute atomic E-state index is 12.5. The lowest BCUT2D eigenvalue weighted by Gasteiger charge is -2.38. The Morgan fingerprint density at radius 2 is 1.78 bits per heavy atom. The second-order valence-corrected chi connectivity index (χ2v) is 9.13. The topological polar surface area (TPSA) is 85.9 Å². The number of aryl methyl sites for hydroxylation is 1. The minimum atomic E-state index is -0.206. The van der Waals surface area contributed by atoms with E-state index >= 15 is 0 Å². The van der Waals surface area contributed by atoms with E-state index in [1.807, 2.05) is 43.3 Å². The van der Waals surface area contributed by atoms with E-state index < -0.39 is 0 Å². The molecule has 1 fully saturated rings. The maximum Gasteiger partial charge on any atom is 0.234 e. The van der Waals surface area contributed by atoms with Gasteiger partial charge in [-0.05, 0) is 55.2 Å². The van der Waals surface area contributed by atoms with Crippen molar-refractivity contribution in [2.24, 2.45) is 0 Å². The Morgan fingerprint density at radius 3 is 2.59 bits per heavy atom. The summed E-state index contributed by atoms with van der Waals surface area (Å²) in [6.07, 6.45) is 1.64. The van der Waals surface area contributed by atoms with Crippen LogP contribution in [0.25, 0.3) is 0 Å². The molecule has 2 aliphatic rings. The molecule has 1 saturated heterocycles. The van der Waals surface area contributed by atoms with E-state index in [4.69, 9.17) is 14.2 Å². The molecule has 0 radical (unpaired) electrons. The molecule has 2 N–H and O–H groups in total. The van der Waals surface area contributed by atoms with E-state index in [1.54, 1.807) is 0 Å². The van der Waals surface area contributed by atoms with E-state index in [2.05, 4.69) is 16.7 Å². The third-order valence-corrected chi connectivity index (χ3v) is 6.76. The van der Waals surface area contributed by atoms with Gasteiger partial charge in [-0.3, -0.25) is 9.59 Å². The number of thioether (sulfide) groups is 1. The Labute approximate surface area is 192 Å². The summed E-state index contributed by atoms with van der Waals surface area (Å²) in [5, 5.41) is 5.93. The fourth-order valence-electron chi connectivity index (χ4n) is 4.03. The van der Waals surface area contributed by atoms with Gasteiger partial charge in [0.2, 0.25) is 18.6 Å². The molecule has 0 unspecified atom stereocenters. The number of hydrogen-bond donors (Lipinski definition) is 2. The highest BCUT2D eigenvalue weighted by Gasteiger charge is 2.36. The largest absolute Gasteiger partial charge is 0.454 e. The van der Waals surface area contributed by atoms with Gasteiger partial charge in [0.05, 0.1) is 11.5 Å². The van der Waals surface area contributed by atoms with E-state index in [0.717, 1.165) is 41.2 Å². The summed E-state index contributed by atoms with van der Waals surface area (Å²) in [7, 11) is 0. The van der Waals surface area contributed by atoms with E-state index in [0.29, 0.717) is 19.8 Å². The minimum absolute atomic E-state index is 0.0787. The number of rotatable bonds is 8. The van der Waals surface area contributed by atoms with Crippen LogP contribution in [-0.2, 0) is 19.7 Å². The molecule has 2 aromatic carbocycles. The lowest BCUT2D eigenvalue weighted by atomic mass is 9.74. The summed E-state index contributed by atoms with van der Waals surface area (Å²) >= 11 is 1.31. The molecule has 8 heteroatoms. The van der Waals surface area contributed by atoms with Crippen LogP contribution in [0.1, 0.15) is 24.0 Å². The zero-order valence-corrected chi connectivity index (χ0v) is 19.0. The molecule has 0 atom stereocenters. The van der Waals surface area contributed by atoms with Crippen LogP contribution in [0.2, 0.25) is 0 Å². The third-order valence-electron chi connectivity index (χ3n) is 5.83. The second-order valence-electron chi connectivity index (χ2n) is 8.15. The van der Waals surface area contributed by atoms with Crippen molar-refractivity contribution in [1.82, 2.24) is 5.32 Å². The van der Waals surface area contributed by atoms with Crippen molar-refractivity contribution in [3.8, 4) is 11.5 Å². The predicted octanol–water partition coefficient (Wildman–Crippen LogP) is 3.26. The zero-order valence-electron chi connectivity index (χ0n) is 18.1. The molecule has 0 spiro atoms. The van der Waals surface area contributed by atoms with Crippen molar-refractivity contribution in [2.75, 3.05) is 43.4 Å². The highest BCUT2D eigenvalue weighted by Crippen LogP contribution is 2.40. The summed E-state index contributed by atoms with van der Waals surface area (Å²) in [6, 6.07) is 13.6. The molecule has 0 saturated carbocycles. The number of fused-ring (bicyclic) bond motifs is 1. The van der Waals surface area contributed by atoms with Gasteiger partial charge in [0.15, 0.2) is 11.5 Å². The Balaban J connectivity index is 1.28. The fraction of sp³-hybridized carbons (Fsp3) is 0.417. The minimum Gasteiger partial charge on any atom is -0.454 e. The van der Waals surface area contributed by atoms with Gasteiger partial charge in [0.25, 0.3) is 0 Å². The average molecular weight is 457 g/mol. The van der Waals surface area contributed by atoms with Crippen LogP contribution >= 0.6 is 11.8 Å². The quantitative estimate of drug-likeness (QED) is 0.634. The van der Waals surface area contributed by atoms with Crippen LogP contribution < -0.4 is 20.1 Å². The lowest BCUT2D eigenvalue weighted by Crippen LogP contribution is -2.45. The highest BCUT2D eigenvalue weighted by molar-refractivity contribution is 8.00. The van der Waals surface area contributed by atoms with Crippen LogP contribution in [0.3, 0.4) is 0 Å². The van der Waals surface area contributed by atoms with Crippen molar-refractivity contribution < 1.29 is 23.8 Å². The number of carbonyl (C=O) groups excluding carboxylic acids is 2. The maximum atomic E-state index is 12.5. The number of carbonyl (C=O) groups is 2. The molecule has 2 aliphatic heterocycles. The molecule has 0 bridgehead atoms. The molecule has 170 valence electrons. The number of anilines is 1. The summed E-state index contributed by atoms with van der Waals surface area (Å²) in [4.78, 5) is 24.6. The van der Waals surface area contributed by atoms with Crippen LogP contribution in [-0.4, -0.2) is 49.9 Å². The standard InChI is InChI=1S/C24H28N2O5S/c1-17-3-2-4-19(11-17)26-23(28)14-32-13-22(27)25-15-24(7-9-29-10-8-24)18-5-6-20-21(12-18)31-16-30-20/h2-6,11-12H,7-10,13-16H2,1H3,(H,25,27)(H,26,28). The molecule has 0 aliphatic carbocycles. The van der Waals surface area contributed by atoms with E-state index in [1.165, 1.54) is 11.8 Å². The highest BCUT2D eigenvalue weighted by atomic mass is 32.2. The van der Waals surface area contributed by atoms with Gasteiger partial charge in [0, 0.05) is 30.9 Å². The van der Waals surface area contributed by atoms with Gasteiger partial charge in [0.1, 0.15) is 0 Å². The van der Waals surface area contributed by atoms with Gasteiger partial charge < -0.3 is 24.8 Å². The third kappa shape index (κ3) is 5.55.